The molecule has 1 saturated heterocycles. The van der Waals surface area contributed by atoms with E-state index in [0.29, 0.717) is 18.7 Å². The minimum atomic E-state index is -0.250. The van der Waals surface area contributed by atoms with Crippen LogP contribution >= 0.6 is 11.3 Å². The largest absolute Gasteiger partial charge is 0.330 e. The van der Waals surface area contributed by atoms with E-state index in [1.807, 2.05) is 42.6 Å². The number of aromatic nitrogens is 1. The Labute approximate surface area is 155 Å². The Balaban J connectivity index is 1.59. The number of carbonyl (C=O) groups is 1. The second-order valence-electron chi connectivity index (χ2n) is 6.24. The van der Waals surface area contributed by atoms with E-state index >= 15 is 0 Å². The smallest absolute Gasteiger partial charge is 0.294 e. The first-order valence-electron chi connectivity index (χ1n) is 8.49. The third-order valence-electron chi connectivity index (χ3n) is 4.43. The van der Waals surface area contributed by atoms with E-state index in [-0.39, 0.29) is 11.8 Å². The second kappa shape index (κ2) is 6.88. The number of hydrogen-bond donors (Lipinski definition) is 0. The van der Waals surface area contributed by atoms with Gasteiger partial charge in [0.15, 0.2) is 5.13 Å². The van der Waals surface area contributed by atoms with Gasteiger partial charge in [-0.25, -0.2) is 14.2 Å². The van der Waals surface area contributed by atoms with Crippen molar-refractivity contribution in [3.05, 3.63) is 65.4 Å². The Kier molecular flexibility index (Phi) is 4.42. The molecule has 2 amide bonds. The first-order valence-corrected chi connectivity index (χ1v) is 9.37. The number of hydrogen-bond acceptors (Lipinski definition) is 3. The van der Waals surface area contributed by atoms with Crippen LogP contribution in [0.2, 0.25) is 0 Å². The summed E-state index contributed by atoms with van der Waals surface area (Å²) < 4.78 is 14.0. The van der Waals surface area contributed by atoms with Crippen molar-refractivity contribution in [2.75, 3.05) is 22.9 Å². The number of aryl methyl sites for hydroxylation is 1. The number of thiazole rings is 1. The molecule has 3 aromatic rings. The van der Waals surface area contributed by atoms with Crippen LogP contribution in [0.3, 0.4) is 0 Å². The summed E-state index contributed by atoms with van der Waals surface area (Å²) >= 11 is 1.48. The molecule has 0 radical (unpaired) electrons. The average molecular weight is 367 g/mol. The van der Waals surface area contributed by atoms with Crippen molar-refractivity contribution >= 4 is 28.2 Å². The van der Waals surface area contributed by atoms with E-state index in [9.17, 15) is 9.18 Å². The highest BCUT2D eigenvalue weighted by atomic mass is 32.1. The van der Waals surface area contributed by atoms with Crippen molar-refractivity contribution < 1.29 is 9.18 Å². The summed E-state index contributed by atoms with van der Waals surface area (Å²) in [5.41, 5.74) is 3.09. The molecule has 0 saturated carbocycles. The number of carbonyl (C=O) groups excluding carboxylic acids is 1. The van der Waals surface area contributed by atoms with E-state index in [0.717, 1.165) is 28.5 Å². The quantitative estimate of drug-likeness (QED) is 0.646. The summed E-state index contributed by atoms with van der Waals surface area (Å²) in [6, 6.07) is 14.1. The molecule has 1 fully saturated rings. The molecule has 1 aliphatic heterocycles. The fourth-order valence-corrected chi connectivity index (χ4v) is 3.94. The van der Waals surface area contributed by atoms with E-state index < -0.39 is 0 Å². The molecule has 0 aliphatic carbocycles. The van der Waals surface area contributed by atoms with Crippen LogP contribution in [0.1, 0.15) is 12.1 Å². The third-order valence-corrected chi connectivity index (χ3v) is 5.41. The van der Waals surface area contributed by atoms with Gasteiger partial charge in [-0.1, -0.05) is 30.3 Å². The second-order valence-corrected chi connectivity index (χ2v) is 7.07. The van der Waals surface area contributed by atoms with Crippen LogP contribution in [0, 0.1) is 12.7 Å². The molecule has 0 bridgehead atoms. The highest BCUT2D eigenvalue weighted by Gasteiger charge is 2.29. The molecule has 1 aromatic heterocycles. The average Bonchev–Trinajstić information content (AvgIpc) is 3.09. The van der Waals surface area contributed by atoms with Crippen LogP contribution in [-0.4, -0.2) is 24.1 Å². The van der Waals surface area contributed by atoms with Gasteiger partial charge >= 0.3 is 6.03 Å². The Hall–Kier alpha value is -2.73. The monoisotopic (exact) mass is 367 g/mol. The molecule has 132 valence electrons. The maximum absolute atomic E-state index is 14.0. The summed E-state index contributed by atoms with van der Waals surface area (Å²) in [4.78, 5) is 20.8. The van der Waals surface area contributed by atoms with Gasteiger partial charge in [-0.3, -0.25) is 9.80 Å². The van der Waals surface area contributed by atoms with Gasteiger partial charge in [0, 0.05) is 29.7 Å². The zero-order chi connectivity index (χ0) is 18.1. The molecule has 26 heavy (non-hydrogen) atoms. The van der Waals surface area contributed by atoms with Crippen molar-refractivity contribution in [1.82, 2.24) is 4.98 Å². The number of anilines is 2. The zero-order valence-electron chi connectivity index (χ0n) is 14.4. The van der Waals surface area contributed by atoms with Gasteiger partial charge in [0.05, 0.1) is 5.69 Å². The molecule has 4 nitrogen and oxygen atoms in total. The van der Waals surface area contributed by atoms with E-state index in [2.05, 4.69) is 4.98 Å². The third kappa shape index (κ3) is 3.08. The van der Waals surface area contributed by atoms with Crippen molar-refractivity contribution in [2.24, 2.45) is 0 Å². The van der Waals surface area contributed by atoms with Gasteiger partial charge in [-0.05, 0) is 37.1 Å². The van der Waals surface area contributed by atoms with Crippen molar-refractivity contribution in [1.29, 1.82) is 0 Å². The van der Waals surface area contributed by atoms with E-state index in [1.165, 1.54) is 17.4 Å². The minimum Gasteiger partial charge on any atom is -0.294 e. The van der Waals surface area contributed by atoms with Crippen LogP contribution in [-0.2, 0) is 0 Å². The lowest BCUT2D eigenvalue weighted by atomic mass is 10.0. The SMILES string of the molecule is Cc1csc(N2CCCN(c3ccc(-c4ccccc4F)cc3)C2=O)n1. The summed E-state index contributed by atoms with van der Waals surface area (Å²) in [6.07, 6.45) is 0.874. The maximum Gasteiger partial charge on any atom is 0.330 e. The predicted octanol–water partition coefficient (Wildman–Crippen LogP) is 5.09. The molecule has 0 spiro atoms. The van der Waals surface area contributed by atoms with Gasteiger partial charge in [-0.2, -0.15) is 0 Å². The van der Waals surface area contributed by atoms with Gasteiger partial charge in [0.25, 0.3) is 0 Å². The zero-order valence-corrected chi connectivity index (χ0v) is 15.2. The number of benzene rings is 2. The molecule has 1 aliphatic rings. The lowest BCUT2D eigenvalue weighted by Gasteiger charge is -2.34. The summed E-state index contributed by atoms with van der Waals surface area (Å²) in [5.74, 6) is -0.250. The highest BCUT2D eigenvalue weighted by Crippen LogP contribution is 2.29. The lowest BCUT2D eigenvalue weighted by Crippen LogP contribution is -2.49. The Morgan fingerprint density at radius 1 is 1.04 bits per heavy atom. The molecule has 0 N–H and O–H groups in total. The van der Waals surface area contributed by atoms with E-state index in [4.69, 9.17) is 0 Å². The lowest BCUT2D eigenvalue weighted by molar-refractivity contribution is 0.248. The van der Waals surface area contributed by atoms with E-state index in [1.54, 1.807) is 21.9 Å². The molecule has 2 aromatic carbocycles. The highest BCUT2D eigenvalue weighted by molar-refractivity contribution is 7.14. The molecular weight excluding hydrogens is 349 g/mol. The van der Waals surface area contributed by atoms with Gasteiger partial charge in [-0.15, -0.1) is 11.3 Å². The number of amides is 2. The van der Waals surface area contributed by atoms with Crippen LogP contribution in [0.15, 0.2) is 53.9 Å². The minimum absolute atomic E-state index is 0.0655. The Bertz CT molecular complexity index is 938. The number of halogens is 1. The normalized spacial score (nSPS) is 14.8. The topological polar surface area (TPSA) is 36.4 Å². The fourth-order valence-electron chi connectivity index (χ4n) is 3.12. The summed E-state index contributed by atoms with van der Waals surface area (Å²) in [5, 5.41) is 2.69. The van der Waals surface area contributed by atoms with Gasteiger partial charge < -0.3 is 0 Å². The molecule has 0 unspecified atom stereocenters. The maximum atomic E-state index is 14.0. The van der Waals surface area contributed by atoms with Crippen molar-refractivity contribution in [3.8, 4) is 11.1 Å². The Morgan fingerprint density at radius 2 is 1.77 bits per heavy atom. The van der Waals surface area contributed by atoms with Crippen LogP contribution < -0.4 is 9.80 Å². The molecule has 2 heterocycles. The van der Waals surface area contributed by atoms with Crippen molar-refractivity contribution in [2.45, 2.75) is 13.3 Å². The standard InChI is InChI=1S/C20H18FN3OS/c1-14-13-26-19(22-14)24-12-4-11-23(20(24)25)16-9-7-15(8-10-16)17-5-2-3-6-18(17)21/h2-3,5-10,13H,4,11-12H2,1H3. The molecule has 0 atom stereocenters. The molecular formula is C20H18FN3OS. The van der Waals surface area contributed by atoms with Crippen LogP contribution in [0.5, 0.6) is 0 Å². The first kappa shape index (κ1) is 16.7. The molecule has 6 heteroatoms. The van der Waals surface area contributed by atoms with Crippen molar-refractivity contribution in [3.63, 3.8) is 0 Å². The van der Waals surface area contributed by atoms with Gasteiger partial charge in [0.1, 0.15) is 5.82 Å². The molecule has 4 rings (SSSR count). The number of urea groups is 1. The number of nitrogens with zero attached hydrogens (tertiary/aromatic N) is 3. The first-order chi connectivity index (χ1) is 12.6. The predicted molar refractivity (Wildman–Crippen MR) is 103 cm³/mol. The Morgan fingerprint density at radius 3 is 2.46 bits per heavy atom. The number of rotatable bonds is 3. The summed E-state index contributed by atoms with van der Waals surface area (Å²) in [6.45, 7) is 3.27. The van der Waals surface area contributed by atoms with Crippen LogP contribution in [0.25, 0.3) is 11.1 Å². The van der Waals surface area contributed by atoms with Crippen LogP contribution in [0.4, 0.5) is 20.0 Å². The summed E-state index contributed by atoms with van der Waals surface area (Å²) in [7, 11) is 0. The fraction of sp³-hybridized carbons (Fsp3) is 0.200. The van der Waals surface area contributed by atoms with Gasteiger partial charge in [0.2, 0.25) is 0 Å².